The van der Waals surface area contributed by atoms with Gasteiger partial charge in [-0.25, -0.2) is 0 Å². The second-order valence-electron chi connectivity index (χ2n) is 4.68. The lowest BCUT2D eigenvalue weighted by atomic mass is 10.1. The summed E-state index contributed by atoms with van der Waals surface area (Å²) >= 11 is 0. The molecule has 19 heavy (non-hydrogen) atoms. The molecule has 2 aromatic rings. The highest BCUT2D eigenvalue weighted by Gasteiger charge is 2.01. The molecule has 0 aliphatic carbocycles. The summed E-state index contributed by atoms with van der Waals surface area (Å²) in [4.78, 5) is 11.2. The summed E-state index contributed by atoms with van der Waals surface area (Å²) in [6.45, 7) is 4.52. The van der Waals surface area contributed by atoms with Crippen molar-refractivity contribution >= 4 is 11.5 Å². The highest BCUT2D eigenvalue weighted by molar-refractivity contribution is 5.94. The van der Waals surface area contributed by atoms with Crippen LogP contribution >= 0.6 is 0 Å². The molecule has 4 heteroatoms. The van der Waals surface area contributed by atoms with Gasteiger partial charge >= 0.3 is 0 Å². The maximum absolute atomic E-state index is 11.2. The molecule has 1 aromatic carbocycles. The number of aromatic nitrogens is 2. The quantitative estimate of drug-likeness (QED) is 0.618. The first-order valence-corrected chi connectivity index (χ1v) is 6.50. The Kier molecular flexibility index (Phi) is 4.34. The minimum atomic E-state index is 0.0991. The molecule has 0 saturated carbocycles. The standard InChI is InChI=1S/C15H19N3O/c1-11-14(10-17-18-11)4-3-9-16-15-7-5-13(6-8-15)12(2)19/h5-8,10,16H,3-4,9H2,1-2H3,(H,17,18). The zero-order valence-electron chi connectivity index (χ0n) is 11.4. The molecule has 0 atom stereocenters. The van der Waals surface area contributed by atoms with E-state index in [1.54, 1.807) is 6.92 Å². The summed E-state index contributed by atoms with van der Waals surface area (Å²) < 4.78 is 0. The number of rotatable bonds is 6. The van der Waals surface area contributed by atoms with Gasteiger partial charge in [0, 0.05) is 23.5 Å². The van der Waals surface area contributed by atoms with Gasteiger partial charge in [0.1, 0.15) is 0 Å². The van der Waals surface area contributed by atoms with Gasteiger partial charge in [0.15, 0.2) is 5.78 Å². The van der Waals surface area contributed by atoms with Crippen molar-refractivity contribution in [3.8, 4) is 0 Å². The van der Waals surface area contributed by atoms with Gasteiger partial charge in [-0.15, -0.1) is 0 Å². The number of carbonyl (C=O) groups excluding carboxylic acids is 1. The minimum absolute atomic E-state index is 0.0991. The summed E-state index contributed by atoms with van der Waals surface area (Å²) in [5, 5.41) is 10.3. The lowest BCUT2D eigenvalue weighted by molar-refractivity contribution is 0.101. The van der Waals surface area contributed by atoms with E-state index in [0.29, 0.717) is 0 Å². The van der Waals surface area contributed by atoms with Crippen molar-refractivity contribution in [2.75, 3.05) is 11.9 Å². The van der Waals surface area contributed by atoms with E-state index in [0.717, 1.165) is 36.3 Å². The van der Waals surface area contributed by atoms with Crippen molar-refractivity contribution in [2.45, 2.75) is 26.7 Å². The Morgan fingerprint density at radius 2 is 2.05 bits per heavy atom. The summed E-state index contributed by atoms with van der Waals surface area (Å²) in [6, 6.07) is 7.59. The summed E-state index contributed by atoms with van der Waals surface area (Å²) in [5.74, 6) is 0.0991. The Labute approximate surface area is 113 Å². The van der Waals surface area contributed by atoms with Gasteiger partial charge in [0.25, 0.3) is 0 Å². The predicted molar refractivity (Wildman–Crippen MR) is 76.6 cm³/mol. The van der Waals surface area contributed by atoms with E-state index in [4.69, 9.17) is 0 Å². The van der Waals surface area contributed by atoms with Crippen molar-refractivity contribution in [3.63, 3.8) is 0 Å². The topological polar surface area (TPSA) is 57.8 Å². The Hall–Kier alpha value is -2.10. The molecule has 4 nitrogen and oxygen atoms in total. The number of H-pyrrole nitrogens is 1. The number of Topliss-reactive ketones (excluding diaryl/α,β-unsaturated/α-hetero) is 1. The van der Waals surface area contributed by atoms with E-state index in [1.165, 1.54) is 5.56 Å². The number of nitrogens with zero attached hydrogens (tertiary/aromatic N) is 1. The van der Waals surface area contributed by atoms with Crippen LogP contribution in [0.2, 0.25) is 0 Å². The third kappa shape index (κ3) is 3.68. The summed E-state index contributed by atoms with van der Waals surface area (Å²) in [6.07, 6.45) is 3.95. The smallest absolute Gasteiger partial charge is 0.159 e. The summed E-state index contributed by atoms with van der Waals surface area (Å²) in [5.41, 5.74) is 4.22. The molecular weight excluding hydrogens is 238 g/mol. The number of hydrogen-bond acceptors (Lipinski definition) is 3. The highest BCUT2D eigenvalue weighted by atomic mass is 16.1. The minimum Gasteiger partial charge on any atom is -0.385 e. The number of ketones is 1. The van der Waals surface area contributed by atoms with Crippen LogP contribution in [-0.2, 0) is 6.42 Å². The maximum atomic E-state index is 11.2. The van der Waals surface area contributed by atoms with Gasteiger partial charge in [-0.1, -0.05) is 0 Å². The van der Waals surface area contributed by atoms with Crippen LogP contribution in [0.4, 0.5) is 5.69 Å². The van der Waals surface area contributed by atoms with Crippen LogP contribution < -0.4 is 5.32 Å². The van der Waals surface area contributed by atoms with E-state index in [-0.39, 0.29) is 5.78 Å². The van der Waals surface area contributed by atoms with Crippen LogP contribution in [0.25, 0.3) is 0 Å². The Bertz CT molecular complexity index is 543. The molecule has 0 fully saturated rings. The number of hydrogen-bond donors (Lipinski definition) is 2. The zero-order valence-corrected chi connectivity index (χ0v) is 11.4. The van der Waals surface area contributed by atoms with Gasteiger partial charge in [0.2, 0.25) is 0 Å². The number of carbonyl (C=O) groups is 1. The Morgan fingerprint density at radius 1 is 1.32 bits per heavy atom. The molecule has 1 heterocycles. The normalized spacial score (nSPS) is 10.4. The van der Waals surface area contributed by atoms with E-state index in [9.17, 15) is 4.79 Å². The fourth-order valence-corrected chi connectivity index (χ4v) is 1.96. The van der Waals surface area contributed by atoms with Crippen LogP contribution in [0, 0.1) is 6.92 Å². The molecule has 0 aliphatic heterocycles. The average molecular weight is 257 g/mol. The summed E-state index contributed by atoms with van der Waals surface area (Å²) in [7, 11) is 0. The second kappa shape index (κ2) is 6.18. The highest BCUT2D eigenvalue weighted by Crippen LogP contribution is 2.11. The van der Waals surface area contributed by atoms with Crippen molar-refractivity contribution < 1.29 is 4.79 Å². The van der Waals surface area contributed by atoms with Gasteiger partial charge in [-0.2, -0.15) is 5.10 Å². The average Bonchev–Trinajstić information content (AvgIpc) is 2.81. The maximum Gasteiger partial charge on any atom is 0.159 e. The molecule has 0 aliphatic rings. The van der Waals surface area contributed by atoms with E-state index in [1.807, 2.05) is 37.4 Å². The second-order valence-corrected chi connectivity index (χ2v) is 4.68. The molecule has 2 rings (SSSR count). The van der Waals surface area contributed by atoms with Gasteiger partial charge in [0.05, 0.1) is 6.20 Å². The van der Waals surface area contributed by atoms with E-state index >= 15 is 0 Å². The monoisotopic (exact) mass is 257 g/mol. The SMILES string of the molecule is CC(=O)c1ccc(NCCCc2cn[nH]c2C)cc1. The molecule has 100 valence electrons. The van der Waals surface area contributed by atoms with Gasteiger partial charge < -0.3 is 5.32 Å². The van der Waals surface area contributed by atoms with Crippen molar-refractivity contribution in [2.24, 2.45) is 0 Å². The van der Waals surface area contributed by atoms with Gasteiger partial charge in [-0.05, 0) is 56.5 Å². The van der Waals surface area contributed by atoms with Crippen molar-refractivity contribution in [1.29, 1.82) is 0 Å². The van der Waals surface area contributed by atoms with Crippen LogP contribution in [0.3, 0.4) is 0 Å². The number of aromatic amines is 1. The van der Waals surface area contributed by atoms with Crippen LogP contribution in [-0.4, -0.2) is 22.5 Å². The van der Waals surface area contributed by atoms with E-state index in [2.05, 4.69) is 15.5 Å². The predicted octanol–water partition coefficient (Wildman–Crippen LogP) is 2.97. The zero-order chi connectivity index (χ0) is 13.7. The largest absolute Gasteiger partial charge is 0.385 e. The molecule has 0 spiro atoms. The fourth-order valence-electron chi connectivity index (χ4n) is 1.96. The lowest BCUT2D eigenvalue weighted by Gasteiger charge is -2.06. The number of nitrogens with one attached hydrogen (secondary N) is 2. The van der Waals surface area contributed by atoms with Crippen LogP contribution in [0.15, 0.2) is 30.5 Å². The molecule has 2 N–H and O–H groups in total. The number of aryl methyl sites for hydroxylation is 2. The molecule has 0 radical (unpaired) electrons. The van der Waals surface area contributed by atoms with Crippen LogP contribution in [0.1, 0.15) is 35.0 Å². The van der Waals surface area contributed by atoms with Crippen molar-refractivity contribution in [1.82, 2.24) is 10.2 Å². The Balaban J connectivity index is 1.76. The molecule has 1 aromatic heterocycles. The molecule has 0 bridgehead atoms. The molecule has 0 unspecified atom stereocenters. The third-order valence-electron chi connectivity index (χ3n) is 3.18. The van der Waals surface area contributed by atoms with Gasteiger partial charge in [-0.3, -0.25) is 9.89 Å². The first kappa shape index (κ1) is 13.3. The third-order valence-corrected chi connectivity index (χ3v) is 3.18. The molecule has 0 amide bonds. The van der Waals surface area contributed by atoms with Crippen LogP contribution in [0.5, 0.6) is 0 Å². The fraction of sp³-hybridized carbons (Fsp3) is 0.333. The number of benzene rings is 1. The Morgan fingerprint density at radius 3 is 2.63 bits per heavy atom. The van der Waals surface area contributed by atoms with Crippen molar-refractivity contribution in [3.05, 3.63) is 47.3 Å². The number of anilines is 1. The first-order chi connectivity index (χ1) is 9.16. The lowest BCUT2D eigenvalue weighted by Crippen LogP contribution is -2.03. The van der Waals surface area contributed by atoms with E-state index < -0.39 is 0 Å². The first-order valence-electron chi connectivity index (χ1n) is 6.50. The molecule has 0 saturated heterocycles. The molecular formula is C15H19N3O.